The molecular formula is C17H27O2. The molecule has 0 aromatic heterocycles. The highest BCUT2D eigenvalue weighted by molar-refractivity contribution is 5.40. The van der Waals surface area contributed by atoms with Gasteiger partial charge in [-0.15, -0.1) is 0 Å². The molecule has 19 heavy (non-hydrogen) atoms. The van der Waals surface area contributed by atoms with Crippen LogP contribution in [-0.2, 0) is 9.47 Å². The van der Waals surface area contributed by atoms with Crippen molar-refractivity contribution in [1.82, 2.24) is 0 Å². The Hall–Kier alpha value is -0.340. The van der Waals surface area contributed by atoms with Gasteiger partial charge in [0.1, 0.15) is 0 Å². The average Bonchev–Trinajstić information content (AvgIpc) is 2.83. The maximum atomic E-state index is 5.93. The Labute approximate surface area is 117 Å². The Morgan fingerprint density at radius 3 is 2.47 bits per heavy atom. The monoisotopic (exact) mass is 263 g/mol. The summed E-state index contributed by atoms with van der Waals surface area (Å²) in [6.45, 7) is 10.4. The molecule has 0 bridgehead atoms. The Morgan fingerprint density at radius 2 is 1.89 bits per heavy atom. The summed E-state index contributed by atoms with van der Waals surface area (Å²) < 4.78 is 11.9. The van der Waals surface area contributed by atoms with Gasteiger partial charge in [0.25, 0.3) is 0 Å². The van der Waals surface area contributed by atoms with Crippen LogP contribution in [0, 0.1) is 17.3 Å². The van der Waals surface area contributed by atoms with Crippen LogP contribution < -0.4 is 0 Å². The lowest BCUT2D eigenvalue weighted by molar-refractivity contribution is -0.284. The van der Waals surface area contributed by atoms with Crippen molar-refractivity contribution in [3.8, 4) is 0 Å². The summed E-state index contributed by atoms with van der Waals surface area (Å²) in [6.07, 6.45) is 6.34. The molecule has 0 aromatic carbocycles. The summed E-state index contributed by atoms with van der Waals surface area (Å²) in [6, 6.07) is 0. The van der Waals surface area contributed by atoms with Crippen molar-refractivity contribution in [3.05, 3.63) is 17.1 Å². The summed E-state index contributed by atoms with van der Waals surface area (Å²) in [7, 11) is 0. The van der Waals surface area contributed by atoms with Crippen molar-refractivity contribution in [2.75, 3.05) is 13.2 Å². The van der Waals surface area contributed by atoms with Crippen LogP contribution in [0.1, 0.15) is 59.8 Å². The van der Waals surface area contributed by atoms with Gasteiger partial charge in [-0.25, -0.2) is 0 Å². The number of hydrogen-bond acceptors (Lipinski definition) is 2. The molecule has 0 amide bonds. The molecule has 2 aliphatic carbocycles. The fourth-order valence-corrected chi connectivity index (χ4v) is 4.13. The van der Waals surface area contributed by atoms with Gasteiger partial charge in [0, 0.05) is 11.3 Å². The van der Waals surface area contributed by atoms with Crippen molar-refractivity contribution in [3.63, 3.8) is 0 Å². The fraction of sp³-hybridized carbons (Fsp3) is 0.824. The Kier molecular flexibility index (Phi) is 3.30. The van der Waals surface area contributed by atoms with Crippen molar-refractivity contribution >= 4 is 0 Å². The molecule has 0 aromatic rings. The minimum Gasteiger partial charge on any atom is -0.350 e. The lowest BCUT2D eigenvalue weighted by Gasteiger charge is -2.42. The molecule has 1 unspecified atom stereocenters. The highest BCUT2D eigenvalue weighted by Crippen LogP contribution is 2.58. The predicted octanol–water partition coefficient (Wildman–Crippen LogP) is 4.26. The molecular weight excluding hydrogens is 236 g/mol. The van der Waals surface area contributed by atoms with Gasteiger partial charge >= 0.3 is 0 Å². The predicted molar refractivity (Wildman–Crippen MR) is 76.6 cm³/mol. The van der Waals surface area contributed by atoms with Crippen molar-refractivity contribution in [2.24, 2.45) is 11.3 Å². The lowest BCUT2D eigenvalue weighted by Crippen LogP contribution is -2.45. The number of allylic oxidation sites excluding steroid dienone is 2. The third kappa shape index (κ3) is 2.38. The molecule has 1 heterocycles. The molecule has 1 saturated heterocycles. The van der Waals surface area contributed by atoms with E-state index in [0.717, 1.165) is 19.1 Å². The van der Waals surface area contributed by atoms with Gasteiger partial charge in [0.15, 0.2) is 5.79 Å². The van der Waals surface area contributed by atoms with E-state index in [-0.39, 0.29) is 11.2 Å². The Balaban J connectivity index is 1.70. The number of hydrogen-bond donors (Lipinski definition) is 0. The average molecular weight is 263 g/mol. The van der Waals surface area contributed by atoms with Crippen LogP contribution in [0.5, 0.6) is 0 Å². The lowest BCUT2D eigenvalue weighted by atomic mass is 9.83. The quantitative estimate of drug-likeness (QED) is 0.741. The largest absolute Gasteiger partial charge is 0.350 e. The second-order valence-electron chi connectivity index (χ2n) is 7.26. The number of rotatable bonds is 2. The summed E-state index contributed by atoms with van der Waals surface area (Å²) in [5.74, 6) is 2.12. The molecule has 1 saturated carbocycles. The van der Waals surface area contributed by atoms with Crippen LogP contribution in [0.2, 0.25) is 0 Å². The van der Waals surface area contributed by atoms with E-state index in [1.165, 1.54) is 32.1 Å². The first kappa shape index (κ1) is 13.6. The first-order valence-corrected chi connectivity index (χ1v) is 7.77. The van der Waals surface area contributed by atoms with Gasteiger partial charge in [-0.1, -0.05) is 24.5 Å². The van der Waals surface area contributed by atoms with Gasteiger partial charge in [0.2, 0.25) is 0 Å². The molecule has 2 nitrogen and oxygen atoms in total. The maximum Gasteiger partial charge on any atom is 0.162 e. The van der Waals surface area contributed by atoms with Crippen molar-refractivity contribution < 1.29 is 9.47 Å². The van der Waals surface area contributed by atoms with E-state index in [1.807, 2.05) is 13.8 Å². The van der Waals surface area contributed by atoms with Crippen molar-refractivity contribution in [2.45, 2.75) is 65.6 Å². The molecule has 1 atom stereocenters. The Bertz CT molecular complexity index is 384. The molecule has 107 valence electrons. The van der Waals surface area contributed by atoms with E-state index in [9.17, 15) is 0 Å². The van der Waals surface area contributed by atoms with Crippen LogP contribution in [0.15, 0.2) is 11.1 Å². The molecule has 3 rings (SSSR count). The first-order chi connectivity index (χ1) is 8.95. The molecule has 2 heteroatoms. The molecule has 0 N–H and O–H groups in total. The van der Waals surface area contributed by atoms with E-state index in [4.69, 9.17) is 9.47 Å². The zero-order valence-corrected chi connectivity index (χ0v) is 12.8. The molecule has 2 fully saturated rings. The van der Waals surface area contributed by atoms with E-state index in [1.54, 1.807) is 17.1 Å². The third-order valence-electron chi connectivity index (χ3n) is 5.25. The van der Waals surface area contributed by atoms with Gasteiger partial charge in [-0.05, 0) is 52.4 Å². The zero-order chi connectivity index (χ0) is 13.7. The normalized spacial score (nSPS) is 33.2. The van der Waals surface area contributed by atoms with Gasteiger partial charge in [-0.3, -0.25) is 0 Å². The highest BCUT2D eigenvalue weighted by Gasteiger charge is 2.52. The van der Waals surface area contributed by atoms with Crippen LogP contribution in [0.3, 0.4) is 0 Å². The minimum atomic E-state index is -0.383. The van der Waals surface area contributed by atoms with E-state index in [2.05, 4.69) is 13.8 Å². The topological polar surface area (TPSA) is 18.5 Å². The van der Waals surface area contributed by atoms with Gasteiger partial charge < -0.3 is 9.47 Å². The molecule has 1 aliphatic heterocycles. The van der Waals surface area contributed by atoms with Gasteiger partial charge in [0.05, 0.1) is 13.2 Å². The zero-order valence-electron chi connectivity index (χ0n) is 12.8. The van der Waals surface area contributed by atoms with Gasteiger partial charge in [-0.2, -0.15) is 0 Å². The van der Waals surface area contributed by atoms with Crippen LogP contribution in [-0.4, -0.2) is 19.0 Å². The summed E-state index contributed by atoms with van der Waals surface area (Å²) in [4.78, 5) is 0. The number of ether oxygens (including phenoxy) is 2. The maximum absolute atomic E-state index is 5.93. The minimum absolute atomic E-state index is 0.272. The first-order valence-electron chi connectivity index (χ1n) is 7.77. The standard InChI is InChI=1S/C17H27O2/c1-5-6-13-7-14-8-17(9-15(14)12(13)2)10-18-16(3,4)19-11-17/h14H,5-11H2,1-4H3. The third-order valence-corrected chi connectivity index (χ3v) is 5.25. The summed E-state index contributed by atoms with van der Waals surface area (Å²) in [5, 5.41) is 0. The smallest absolute Gasteiger partial charge is 0.162 e. The summed E-state index contributed by atoms with van der Waals surface area (Å²) >= 11 is 0. The van der Waals surface area contributed by atoms with Crippen LogP contribution >= 0.6 is 0 Å². The van der Waals surface area contributed by atoms with Crippen LogP contribution in [0.4, 0.5) is 0 Å². The summed E-state index contributed by atoms with van der Waals surface area (Å²) in [5.41, 5.74) is 3.61. The van der Waals surface area contributed by atoms with E-state index in [0.29, 0.717) is 0 Å². The Morgan fingerprint density at radius 1 is 1.21 bits per heavy atom. The fourth-order valence-electron chi connectivity index (χ4n) is 4.13. The molecule has 1 spiro atoms. The number of fused-ring (bicyclic) bond motifs is 1. The molecule has 3 aliphatic rings. The van der Waals surface area contributed by atoms with E-state index < -0.39 is 0 Å². The SMILES string of the molecule is CCCC1=C(C)[C]2CC3(COC(C)(C)OC3)CC2C1. The second kappa shape index (κ2) is 4.60. The highest BCUT2D eigenvalue weighted by atomic mass is 16.7. The van der Waals surface area contributed by atoms with Crippen molar-refractivity contribution in [1.29, 1.82) is 0 Å². The van der Waals surface area contributed by atoms with E-state index >= 15 is 0 Å². The second-order valence-corrected chi connectivity index (χ2v) is 7.26. The molecule has 1 radical (unpaired) electrons. The van der Waals surface area contributed by atoms with Crippen LogP contribution in [0.25, 0.3) is 0 Å².